The summed E-state index contributed by atoms with van der Waals surface area (Å²) in [7, 11) is 1.29. The second-order valence-electron chi connectivity index (χ2n) is 9.53. The molecule has 1 saturated heterocycles. The lowest BCUT2D eigenvalue weighted by Gasteiger charge is -2.15. The topological polar surface area (TPSA) is 145 Å². The van der Waals surface area contributed by atoms with Crippen LogP contribution in [0.2, 0.25) is 0 Å². The van der Waals surface area contributed by atoms with Gasteiger partial charge in [-0.25, -0.2) is 14.5 Å². The van der Waals surface area contributed by atoms with Crippen LogP contribution in [0.3, 0.4) is 0 Å². The number of methoxy groups -OCH3 is 1. The van der Waals surface area contributed by atoms with Crippen LogP contribution < -0.4 is 16.0 Å². The van der Waals surface area contributed by atoms with E-state index in [0.29, 0.717) is 21.9 Å². The number of aryl methyl sites for hydroxylation is 1. The molecular weight excluding hydrogens is 566 g/mol. The third-order valence-electron chi connectivity index (χ3n) is 6.75. The SMILES string of the molecule is COC(=O)c1c(NC(=O)COC(=O)c2ccc(N3C(=O)CC(Sc4cccc(N)c4)C3=O)cc2)sc2c1CCCC2. The van der Waals surface area contributed by atoms with Crippen molar-refractivity contribution in [2.45, 2.75) is 42.2 Å². The minimum atomic E-state index is -0.750. The molecule has 3 aromatic rings. The zero-order chi connectivity index (χ0) is 29.1. The van der Waals surface area contributed by atoms with Gasteiger partial charge in [-0.1, -0.05) is 6.07 Å². The molecule has 10 nitrogen and oxygen atoms in total. The molecule has 41 heavy (non-hydrogen) atoms. The van der Waals surface area contributed by atoms with E-state index >= 15 is 0 Å². The van der Waals surface area contributed by atoms with Gasteiger partial charge in [0.25, 0.3) is 5.91 Å². The Kier molecular flexibility index (Phi) is 8.41. The number of carbonyl (C=O) groups excluding carboxylic acids is 5. The summed E-state index contributed by atoms with van der Waals surface area (Å²) in [6, 6.07) is 12.9. The molecule has 1 aromatic heterocycles. The average Bonchev–Trinajstić information content (AvgIpc) is 3.46. The van der Waals surface area contributed by atoms with Crippen LogP contribution in [0.15, 0.2) is 53.4 Å². The zero-order valence-electron chi connectivity index (χ0n) is 22.1. The number of rotatable bonds is 8. The molecule has 1 atom stereocenters. The van der Waals surface area contributed by atoms with E-state index in [1.54, 1.807) is 18.2 Å². The third-order valence-corrected chi connectivity index (χ3v) is 9.14. The number of nitrogen functional groups attached to an aromatic ring is 1. The Morgan fingerprint density at radius 1 is 1.07 bits per heavy atom. The first-order valence-electron chi connectivity index (χ1n) is 12.9. The maximum Gasteiger partial charge on any atom is 0.341 e. The normalized spacial score (nSPS) is 16.3. The van der Waals surface area contributed by atoms with Gasteiger partial charge in [0.05, 0.1) is 29.2 Å². The number of nitrogens with one attached hydrogen (secondary N) is 1. The number of hydrogen-bond acceptors (Lipinski definition) is 10. The number of nitrogens with zero attached hydrogens (tertiary/aromatic N) is 1. The minimum Gasteiger partial charge on any atom is -0.465 e. The number of fused-ring (bicyclic) bond motifs is 1. The molecule has 0 saturated carbocycles. The number of esters is 2. The largest absolute Gasteiger partial charge is 0.465 e. The Bertz CT molecular complexity index is 1530. The summed E-state index contributed by atoms with van der Waals surface area (Å²) >= 11 is 2.62. The van der Waals surface area contributed by atoms with Crippen molar-refractivity contribution in [1.82, 2.24) is 0 Å². The Morgan fingerprint density at radius 3 is 2.56 bits per heavy atom. The highest BCUT2D eigenvalue weighted by molar-refractivity contribution is 8.00. The van der Waals surface area contributed by atoms with Crippen LogP contribution in [-0.2, 0) is 36.7 Å². The van der Waals surface area contributed by atoms with Crippen molar-refractivity contribution in [3.63, 3.8) is 0 Å². The lowest BCUT2D eigenvalue weighted by molar-refractivity contribution is -0.121. The standard InChI is InChI=1S/C29H27N3O7S2/c1-38-29(37)25-20-7-2-3-8-21(20)41-26(25)31-23(33)15-39-28(36)16-9-11-18(12-10-16)32-24(34)14-22(27(32)35)40-19-6-4-5-17(30)13-19/h4-6,9-13,22H,2-3,7-8,14-15,30H2,1H3,(H,31,33). The lowest BCUT2D eigenvalue weighted by Crippen LogP contribution is -2.31. The Hall–Kier alpha value is -4.16. The molecule has 0 radical (unpaired) electrons. The smallest absolute Gasteiger partial charge is 0.341 e. The van der Waals surface area contributed by atoms with Crippen molar-refractivity contribution in [1.29, 1.82) is 0 Å². The van der Waals surface area contributed by atoms with Gasteiger partial charge in [0, 0.05) is 21.9 Å². The molecule has 1 unspecified atom stereocenters. The van der Waals surface area contributed by atoms with Crippen LogP contribution in [0.5, 0.6) is 0 Å². The average molecular weight is 594 g/mol. The molecule has 2 aliphatic rings. The Balaban J connectivity index is 1.19. The second-order valence-corrected chi connectivity index (χ2v) is 11.9. The van der Waals surface area contributed by atoms with E-state index in [0.717, 1.165) is 45.9 Å². The number of anilines is 3. The van der Waals surface area contributed by atoms with Crippen molar-refractivity contribution < 1.29 is 33.4 Å². The monoisotopic (exact) mass is 593 g/mol. The minimum absolute atomic E-state index is 0.0438. The zero-order valence-corrected chi connectivity index (χ0v) is 23.8. The van der Waals surface area contributed by atoms with E-state index in [-0.39, 0.29) is 23.8 Å². The van der Waals surface area contributed by atoms with Gasteiger partial charge < -0.3 is 20.5 Å². The van der Waals surface area contributed by atoms with E-state index in [1.165, 1.54) is 54.5 Å². The molecule has 1 aliphatic heterocycles. The summed E-state index contributed by atoms with van der Waals surface area (Å²) in [6.45, 7) is -0.560. The summed E-state index contributed by atoms with van der Waals surface area (Å²) in [4.78, 5) is 66.1. The summed E-state index contributed by atoms with van der Waals surface area (Å²) < 4.78 is 10.1. The number of imide groups is 1. The fraction of sp³-hybridized carbons (Fsp3) is 0.276. The number of amides is 3. The first-order valence-corrected chi connectivity index (χ1v) is 14.6. The van der Waals surface area contributed by atoms with E-state index in [4.69, 9.17) is 15.2 Å². The predicted octanol–water partition coefficient (Wildman–Crippen LogP) is 4.22. The molecule has 1 aliphatic carbocycles. The van der Waals surface area contributed by atoms with E-state index in [9.17, 15) is 24.0 Å². The molecule has 3 amide bonds. The molecule has 0 bridgehead atoms. The van der Waals surface area contributed by atoms with E-state index < -0.39 is 29.7 Å². The van der Waals surface area contributed by atoms with Crippen LogP contribution in [0.25, 0.3) is 0 Å². The highest BCUT2D eigenvalue weighted by Crippen LogP contribution is 2.38. The van der Waals surface area contributed by atoms with Gasteiger partial charge >= 0.3 is 11.9 Å². The van der Waals surface area contributed by atoms with Crippen molar-refractivity contribution in [2.24, 2.45) is 0 Å². The number of carbonyl (C=O) groups is 5. The van der Waals surface area contributed by atoms with Crippen LogP contribution in [-0.4, -0.2) is 48.6 Å². The number of nitrogens with two attached hydrogens (primary N) is 1. The molecule has 2 aromatic carbocycles. The fourth-order valence-electron chi connectivity index (χ4n) is 4.82. The molecular formula is C29H27N3O7S2. The van der Waals surface area contributed by atoms with Crippen LogP contribution in [0.1, 0.15) is 50.4 Å². The summed E-state index contributed by atoms with van der Waals surface area (Å²) in [5, 5.41) is 2.49. The summed E-state index contributed by atoms with van der Waals surface area (Å²) in [6.07, 6.45) is 3.60. The Labute approximate surface area is 244 Å². The maximum absolute atomic E-state index is 13.0. The fourth-order valence-corrected chi connectivity index (χ4v) is 7.23. The third kappa shape index (κ3) is 6.13. The van der Waals surface area contributed by atoms with Gasteiger partial charge in [-0.15, -0.1) is 23.1 Å². The Morgan fingerprint density at radius 2 is 1.83 bits per heavy atom. The second kappa shape index (κ2) is 12.1. The number of thioether (sulfide) groups is 1. The van der Waals surface area contributed by atoms with Crippen molar-refractivity contribution in [2.75, 3.05) is 29.7 Å². The number of thiophene rings is 1. The highest BCUT2D eigenvalue weighted by atomic mass is 32.2. The van der Waals surface area contributed by atoms with Gasteiger partial charge in [0.1, 0.15) is 5.00 Å². The van der Waals surface area contributed by atoms with Gasteiger partial charge in [0.15, 0.2) is 6.61 Å². The molecule has 0 spiro atoms. The van der Waals surface area contributed by atoms with Gasteiger partial charge in [-0.2, -0.15) is 0 Å². The number of hydrogen-bond donors (Lipinski definition) is 2. The van der Waals surface area contributed by atoms with Crippen molar-refractivity contribution in [3.05, 3.63) is 70.1 Å². The van der Waals surface area contributed by atoms with Crippen LogP contribution in [0.4, 0.5) is 16.4 Å². The molecule has 2 heterocycles. The van der Waals surface area contributed by atoms with Gasteiger partial charge in [0.2, 0.25) is 11.8 Å². The van der Waals surface area contributed by atoms with Crippen LogP contribution >= 0.6 is 23.1 Å². The predicted molar refractivity (Wildman–Crippen MR) is 155 cm³/mol. The molecule has 5 rings (SSSR count). The van der Waals surface area contributed by atoms with Gasteiger partial charge in [-0.05, 0) is 73.7 Å². The summed E-state index contributed by atoms with van der Waals surface area (Å²) in [5.74, 6) is -2.54. The summed E-state index contributed by atoms with van der Waals surface area (Å²) in [5.41, 5.74) is 8.13. The highest BCUT2D eigenvalue weighted by Gasteiger charge is 2.40. The first-order chi connectivity index (χ1) is 19.7. The first kappa shape index (κ1) is 28.4. The lowest BCUT2D eigenvalue weighted by atomic mass is 9.95. The maximum atomic E-state index is 13.0. The van der Waals surface area contributed by atoms with E-state index in [2.05, 4.69) is 5.32 Å². The van der Waals surface area contributed by atoms with Crippen molar-refractivity contribution >= 4 is 69.1 Å². The van der Waals surface area contributed by atoms with E-state index in [1.807, 2.05) is 6.07 Å². The number of benzene rings is 2. The van der Waals surface area contributed by atoms with Crippen molar-refractivity contribution in [3.8, 4) is 0 Å². The van der Waals surface area contributed by atoms with Gasteiger partial charge in [-0.3, -0.25) is 14.4 Å². The molecule has 212 valence electrons. The quantitative estimate of drug-likeness (QED) is 0.223. The molecule has 1 fully saturated rings. The van der Waals surface area contributed by atoms with Crippen LogP contribution in [0, 0.1) is 0 Å². The molecule has 12 heteroatoms. The molecule has 3 N–H and O–H groups in total. The number of ether oxygens (including phenoxy) is 2.